The van der Waals surface area contributed by atoms with Crippen molar-refractivity contribution in [3.05, 3.63) is 11.3 Å². The van der Waals surface area contributed by atoms with Crippen LogP contribution in [0.15, 0.2) is 11.3 Å². The molecule has 0 aromatic carbocycles. The van der Waals surface area contributed by atoms with Gasteiger partial charge in [-0.1, -0.05) is 11.6 Å². The number of esters is 1. The van der Waals surface area contributed by atoms with Crippen LogP contribution in [0.1, 0.15) is 13.8 Å². The smallest absolute Gasteiger partial charge is 0.352 e. The first-order valence-electron chi connectivity index (χ1n) is 3.36. The molecule has 11 heavy (non-hydrogen) atoms. The first kappa shape index (κ1) is 10.3. The van der Waals surface area contributed by atoms with Crippen LogP contribution in [0.25, 0.3) is 0 Å². The zero-order valence-corrected chi connectivity index (χ0v) is 7.35. The average Bonchev–Trinajstić information content (AvgIpc) is 2.00. The number of halogens is 1. The van der Waals surface area contributed by atoms with Crippen LogP contribution in [0.2, 0.25) is 0 Å². The van der Waals surface area contributed by atoms with E-state index in [0.29, 0.717) is 13.2 Å². The summed E-state index contributed by atoms with van der Waals surface area (Å²) in [7, 11) is 0. The molecule has 0 N–H and O–H groups in total. The van der Waals surface area contributed by atoms with Gasteiger partial charge in [0, 0.05) is 0 Å². The van der Waals surface area contributed by atoms with Crippen LogP contribution in [0.4, 0.5) is 0 Å². The highest BCUT2D eigenvalue weighted by atomic mass is 35.5. The van der Waals surface area contributed by atoms with E-state index in [9.17, 15) is 4.79 Å². The van der Waals surface area contributed by atoms with Gasteiger partial charge in [0.1, 0.15) is 6.26 Å². The Labute approximate surface area is 70.9 Å². The van der Waals surface area contributed by atoms with Gasteiger partial charge in [0.2, 0.25) is 0 Å². The number of hydrogen-bond acceptors (Lipinski definition) is 3. The summed E-state index contributed by atoms with van der Waals surface area (Å²) in [5, 5.41) is -0.0336. The zero-order valence-electron chi connectivity index (χ0n) is 6.59. The maximum Gasteiger partial charge on any atom is 0.352 e. The second-order valence-electron chi connectivity index (χ2n) is 1.64. The third kappa shape index (κ3) is 4.67. The van der Waals surface area contributed by atoms with Crippen LogP contribution in [0.3, 0.4) is 0 Å². The summed E-state index contributed by atoms with van der Waals surface area (Å²) in [6, 6.07) is 0. The Morgan fingerprint density at radius 1 is 1.45 bits per heavy atom. The molecule has 0 bridgehead atoms. The van der Waals surface area contributed by atoms with Crippen LogP contribution in [-0.2, 0) is 14.3 Å². The van der Waals surface area contributed by atoms with E-state index in [1.807, 2.05) is 0 Å². The van der Waals surface area contributed by atoms with Gasteiger partial charge in [-0.15, -0.1) is 0 Å². The van der Waals surface area contributed by atoms with Gasteiger partial charge >= 0.3 is 5.97 Å². The summed E-state index contributed by atoms with van der Waals surface area (Å²) < 4.78 is 9.35. The van der Waals surface area contributed by atoms with Gasteiger partial charge in [0.25, 0.3) is 0 Å². The van der Waals surface area contributed by atoms with Crippen LogP contribution in [0, 0.1) is 0 Å². The van der Waals surface area contributed by atoms with Crippen molar-refractivity contribution in [1.29, 1.82) is 0 Å². The highest BCUT2D eigenvalue weighted by Gasteiger charge is 2.06. The number of carbonyl (C=O) groups is 1. The number of carbonyl (C=O) groups excluding carboxylic acids is 1. The van der Waals surface area contributed by atoms with Crippen molar-refractivity contribution in [3.63, 3.8) is 0 Å². The Kier molecular flexibility index (Phi) is 5.65. The first-order chi connectivity index (χ1) is 5.22. The molecule has 0 amide bonds. The monoisotopic (exact) mass is 178 g/mol. The number of rotatable bonds is 4. The van der Waals surface area contributed by atoms with Gasteiger partial charge < -0.3 is 9.47 Å². The molecule has 0 saturated heterocycles. The summed E-state index contributed by atoms with van der Waals surface area (Å²) in [6.07, 6.45) is 1.18. The van der Waals surface area contributed by atoms with Crippen molar-refractivity contribution in [1.82, 2.24) is 0 Å². The molecular formula is C7H11ClO3. The van der Waals surface area contributed by atoms with Crippen molar-refractivity contribution in [3.8, 4) is 0 Å². The van der Waals surface area contributed by atoms with Crippen molar-refractivity contribution < 1.29 is 14.3 Å². The molecule has 0 aromatic rings. The van der Waals surface area contributed by atoms with Gasteiger partial charge in [0.15, 0.2) is 5.03 Å². The molecule has 0 radical (unpaired) electrons. The fourth-order valence-corrected chi connectivity index (χ4v) is 0.522. The predicted molar refractivity (Wildman–Crippen MR) is 42.2 cm³/mol. The molecule has 0 aromatic heterocycles. The molecule has 0 heterocycles. The molecule has 3 nitrogen and oxygen atoms in total. The third-order valence-electron chi connectivity index (χ3n) is 0.824. The lowest BCUT2D eigenvalue weighted by Crippen LogP contribution is -2.03. The van der Waals surface area contributed by atoms with E-state index in [-0.39, 0.29) is 5.03 Å². The SMILES string of the molecule is CCOC=C(Cl)C(=O)OCC. The average molecular weight is 179 g/mol. The summed E-state index contributed by atoms with van der Waals surface area (Å²) in [5.74, 6) is -0.553. The lowest BCUT2D eigenvalue weighted by molar-refractivity contribution is -0.137. The molecule has 0 spiro atoms. The van der Waals surface area contributed by atoms with E-state index < -0.39 is 5.97 Å². The van der Waals surface area contributed by atoms with Crippen LogP contribution >= 0.6 is 11.6 Å². The summed E-state index contributed by atoms with van der Waals surface area (Å²) >= 11 is 5.45. The molecule has 0 saturated carbocycles. The Hall–Kier alpha value is -0.700. The standard InChI is InChI=1S/C7H11ClO3/c1-3-10-5-6(8)7(9)11-4-2/h5H,3-4H2,1-2H3. The molecule has 0 atom stereocenters. The Morgan fingerprint density at radius 2 is 2.09 bits per heavy atom. The van der Waals surface area contributed by atoms with Crippen molar-refractivity contribution in [2.75, 3.05) is 13.2 Å². The Balaban J connectivity index is 3.80. The molecule has 0 rings (SSSR count). The van der Waals surface area contributed by atoms with Crippen molar-refractivity contribution in [2.45, 2.75) is 13.8 Å². The van der Waals surface area contributed by atoms with E-state index in [0.717, 1.165) is 0 Å². The number of hydrogen-bond donors (Lipinski definition) is 0. The predicted octanol–water partition coefficient (Wildman–Crippen LogP) is 1.67. The van der Waals surface area contributed by atoms with Gasteiger partial charge in [-0.25, -0.2) is 4.79 Å². The minimum Gasteiger partial charge on any atom is -0.500 e. The Morgan fingerprint density at radius 3 is 2.55 bits per heavy atom. The van der Waals surface area contributed by atoms with E-state index >= 15 is 0 Å². The van der Waals surface area contributed by atoms with Crippen LogP contribution < -0.4 is 0 Å². The molecule has 0 aliphatic rings. The van der Waals surface area contributed by atoms with Gasteiger partial charge in [-0.2, -0.15) is 0 Å². The van der Waals surface area contributed by atoms with E-state index in [4.69, 9.17) is 16.3 Å². The van der Waals surface area contributed by atoms with Gasteiger partial charge in [-0.05, 0) is 13.8 Å². The maximum absolute atomic E-state index is 10.7. The first-order valence-corrected chi connectivity index (χ1v) is 3.74. The van der Waals surface area contributed by atoms with E-state index in [1.54, 1.807) is 13.8 Å². The van der Waals surface area contributed by atoms with Crippen LogP contribution in [-0.4, -0.2) is 19.2 Å². The third-order valence-corrected chi connectivity index (χ3v) is 1.07. The highest BCUT2D eigenvalue weighted by Crippen LogP contribution is 2.03. The Bertz CT molecular complexity index is 154. The second kappa shape index (κ2) is 6.04. The minimum atomic E-state index is -0.553. The normalized spacial score (nSPS) is 11.0. The highest BCUT2D eigenvalue weighted by molar-refractivity contribution is 6.41. The summed E-state index contributed by atoms with van der Waals surface area (Å²) in [6.45, 7) is 4.30. The zero-order chi connectivity index (χ0) is 8.69. The molecule has 0 fully saturated rings. The fourth-order valence-electron chi connectivity index (χ4n) is 0.405. The topological polar surface area (TPSA) is 35.5 Å². The van der Waals surface area contributed by atoms with Crippen LogP contribution in [0.5, 0.6) is 0 Å². The molecular weight excluding hydrogens is 168 g/mol. The van der Waals surface area contributed by atoms with Gasteiger partial charge in [0.05, 0.1) is 13.2 Å². The lowest BCUT2D eigenvalue weighted by atomic mass is 10.6. The number of ether oxygens (including phenoxy) is 2. The summed E-state index contributed by atoms with van der Waals surface area (Å²) in [4.78, 5) is 10.7. The lowest BCUT2D eigenvalue weighted by Gasteiger charge is -1.99. The molecule has 0 unspecified atom stereocenters. The quantitative estimate of drug-likeness (QED) is 0.373. The second-order valence-corrected chi connectivity index (χ2v) is 2.05. The minimum absolute atomic E-state index is 0.0336. The largest absolute Gasteiger partial charge is 0.500 e. The summed E-state index contributed by atoms with van der Waals surface area (Å²) in [5.41, 5.74) is 0. The molecule has 64 valence electrons. The molecule has 4 heteroatoms. The molecule has 0 aliphatic heterocycles. The van der Waals surface area contributed by atoms with Gasteiger partial charge in [-0.3, -0.25) is 0 Å². The van der Waals surface area contributed by atoms with E-state index in [1.165, 1.54) is 6.26 Å². The fraction of sp³-hybridized carbons (Fsp3) is 0.571. The van der Waals surface area contributed by atoms with Crippen molar-refractivity contribution in [2.24, 2.45) is 0 Å². The van der Waals surface area contributed by atoms with E-state index in [2.05, 4.69) is 4.74 Å². The maximum atomic E-state index is 10.7. The van der Waals surface area contributed by atoms with Crippen molar-refractivity contribution >= 4 is 17.6 Å². The molecule has 0 aliphatic carbocycles.